The van der Waals surface area contributed by atoms with E-state index in [1.165, 1.54) is 35.9 Å². The molecule has 7 nitrogen and oxygen atoms in total. The maximum atomic E-state index is 13.7. The molecule has 5 rings (SSSR count). The van der Waals surface area contributed by atoms with Crippen LogP contribution in [0.3, 0.4) is 0 Å². The Morgan fingerprint density at radius 1 is 1.08 bits per heavy atom. The number of halogens is 2. The number of ether oxygens (including phenoxy) is 1. The van der Waals surface area contributed by atoms with Gasteiger partial charge in [-0.1, -0.05) is 6.92 Å². The van der Waals surface area contributed by atoms with Crippen molar-refractivity contribution >= 4 is 34.0 Å². The number of rotatable bonds is 7. The predicted octanol–water partition coefficient (Wildman–Crippen LogP) is 5.72. The number of aromatic nitrogens is 2. The molecule has 2 aromatic carbocycles. The van der Waals surface area contributed by atoms with E-state index < -0.39 is 6.43 Å². The van der Waals surface area contributed by atoms with Crippen molar-refractivity contribution in [3.8, 4) is 0 Å². The van der Waals surface area contributed by atoms with Gasteiger partial charge in [-0.25, -0.2) is 18.7 Å². The fourth-order valence-corrected chi connectivity index (χ4v) is 5.52. The summed E-state index contributed by atoms with van der Waals surface area (Å²) in [5.74, 6) is 1.06. The Labute approximate surface area is 215 Å². The molecule has 2 N–H and O–H groups in total. The zero-order valence-corrected chi connectivity index (χ0v) is 21.5. The first-order valence-corrected chi connectivity index (χ1v) is 13.0. The second kappa shape index (κ2) is 10.6. The summed E-state index contributed by atoms with van der Waals surface area (Å²) in [5.41, 5.74) is 5.75. The summed E-state index contributed by atoms with van der Waals surface area (Å²) in [6, 6.07) is 6.48. The molecule has 1 amide bonds. The van der Waals surface area contributed by atoms with Gasteiger partial charge < -0.3 is 20.3 Å². The standard InChI is InChI=1S/C28H33F2N5O2/c1-4-24(18-12-19(27(29)30)14-20(13-18)33-17(3)36)34-28-23-15-25(35-8-10-37-11-9-35)21-6-5-7-22(21)26(23)31-16(2)32-28/h12-15,24,27H,4-11H2,1-3H3,(H,33,36)(H,31,32,34)/t24-/m1/s1. The van der Waals surface area contributed by atoms with Crippen molar-refractivity contribution < 1.29 is 18.3 Å². The minimum absolute atomic E-state index is 0.127. The Balaban J connectivity index is 1.59. The number of nitrogens with one attached hydrogen (secondary N) is 2. The molecule has 3 aromatic rings. The quantitative estimate of drug-likeness (QED) is 0.424. The molecular weight excluding hydrogens is 476 g/mol. The minimum atomic E-state index is -2.65. The molecule has 1 fully saturated rings. The van der Waals surface area contributed by atoms with Gasteiger partial charge in [0, 0.05) is 42.3 Å². The van der Waals surface area contributed by atoms with E-state index in [0.717, 1.165) is 43.3 Å². The monoisotopic (exact) mass is 509 g/mol. The van der Waals surface area contributed by atoms with Crippen LogP contribution >= 0.6 is 0 Å². The number of fused-ring (bicyclic) bond motifs is 3. The molecule has 1 aliphatic heterocycles. The van der Waals surface area contributed by atoms with Gasteiger partial charge in [0.2, 0.25) is 5.91 Å². The highest BCUT2D eigenvalue weighted by molar-refractivity contribution is 5.96. The molecule has 1 saturated heterocycles. The number of aryl methyl sites for hydroxylation is 2. The van der Waals surface area contributed by atoms with E-state index in [2.05, 4.69) is 21.6 Å². The van der Waals surface area contributed by atoms with E-state index in [-0.39, 0.29) is 17.5 Å². The largest absolute Gasteiger partial charge is 0.378 e. The smallest absolute Gasteiger partial charge is 0.263 e. The number of carbonyl (C=O) groups excluding carboxylic acids is 1. The van der Waals surface area contributed by atoms with Crippen molar-refractivity contribution in [2.45, 2.75) is 58.9 Å². The fraction of sp³-hybridized carbons (Fsp3) is 0.464. The van der Waals surface area contributed by atoms with Crippen molar-refractivity contribution in [3.63, 3.8) is 0 Å². The third-order valence-electron chi connectivity index (χ3n) is 7.17. The zero-order valence-electron chi connectivity index (χ0n) is 21.5. The number of morpholine rings is 1. The lowest BCUT2D eigenvalue weighted by Gasteiger charge is -2.31. The first-order chi connectivity index (χ1) is 17.8. The molecule has 0 bridgehead atoms. The van der Waals surface area contributed by atoms with Crippen LogP contribution < -0.4 is 15.5 Å². The topological polar surface area (TPSA) is 79.4 Å². The number of benzene rings is 2. The highest BCUT2D eigenvalue weighted by atomic mass is 19.3. The molecule has 2 heterocycles. The number of amides is 1. The normalized spacial score (nSPS) is 16.2. The van der Waals surface area contributed by atoms with Gasteiger partial charge in [0.25, 0.3) is 6.43 Å². The molecule has 0 spiro atoms. The van der Waals surface area contributed by atoms with Crippen LogP contribution in [-0.4, -0.2) is 42.2 Å². The van der Waals surface area contributed by atoms with Crippen LogP contribution in [0.15, 0.2) is 24.3 Å². The Kier molecular flexibility index (Phi) is 7.24. The van der Waals surface area contributed by atoms with Crippen molar-refractivity contribution in [1.82, 2.24) is 9.97 Å². The summed E-state index contributed by atoms with van der Waals surface area (Å²) in [6.07, 6.45) is 1.10. The van der Waals surface area contributed by atoms with E-state index in [1.807, 2.05) is 13.8 Å². The summed E-state index contributed by atoms with van der Waals surface area (Å²) in [7, 11) is 0. The van der Waals surface area contributed by atoms with Crippen molar-refractivity contribution in [2.24, 2.45) is 0 Å². The second-order valence-corrected chi connectivity index (χ2v) is 9.80. The van der Waals surface area contributed by atoms with E-state index in [4.69, 9.17) is 14.7 Å². The van der Waals surface area contributed by atoms with Crippen LogP contribution in [0, 0.1) is 6.92 Å². The SMILES string of the molecule is CC[C@@H](Nc1nc(C)nc2c3c(c(N4CCOCC4)cc12)CCC3)c1cc(NC(C)=O)cc(C(F)F)c1. The highest BCUT2D eigenvalue weighted by Gasteiger charge is 2.26. The van der Waals surface area contributed by atoms with Crippen LogP contribution in [0.4, 0.5) is 26.0 Å². The van der Waals surface area contributed by atoms with Crippen LogP contribution in [0.25, 0.3) is 10.9 Å². The summed E-state index contributed by atoms with van der Waals surface area (Å²) in [6.45, 7) is 8.35. The third kappa shape index (κ3) is 5.23. The lowest BCUT2D eigenvalue weighted by Crippen LogP contribution is -2.36. The first kappa shape index (κ1) is 25.3. The maximum Gasteiger partial charge on any atom is 0.263 e. The molecular formula is C28H33F2N5O2. The van der Waals surface area contributed by atoms with Crippen molar-refractivity contribution in [3.05, 3.63) is 52.3 Å². The van der Waals surface area contributed by atoms with Crippen molar-refractivity contribution in [1.29, 1.82) is 0 Å². The van der Waals surface area contributed by atoms with Crippen LogP contribution in [0.1, 0.15) is 67.2 Å². The molecule has 37 heavy (non-hydrogen) atoms. The lowest BCUT2D eigenvalue weighted by molar-refractivity contribution is -0.114. The number of alkyl halides is 2. The molecule has 0 saturated carbocycles. The molecule has 9 heteroatoms. The van der Waals surface area contributed by atoms with Crippen LogP contribution in [0.2, 0.25) is 0 Å². The number of hydrogen-bond acceptors (Lipinski definition) is 6. The van der Waals surface area contributed by atoms with E-state index in [9.17, 15) is 13.6 Å². The first-order valence-electron chi connectivity index (χ1n) is 13.0. The summed E-state index contributed by atoms with van der Waals surface area (Å²) < 4.78 is 33.0. The van der Waals surface area contributed by atoms with Gasteiger partial charge in [-0.2, -0.15) is 0 Å². The van der Waals surface area contributed by atoms with E-state index >= 15 is 0 Å². The van der Waals surface area contributed by atoms with Crippen molar-refractivity contribution in [2.75, 3.05) is 41.8 Å². The highest BCUT2D eigenvalue weighted by Crippen LogP contribution is 2.40. The fourth-order valence-electron chi connectivity index (χ4n) is 5.52. The van der Waals surface area contributed by atoms with Gasteiger partial charge in [0.05, 0.1) is 24.8 Å². The van der Waals surface area contributed by atoms with Gasteiger partial charge in [0.1, 0.15) is 11.6 Å². The Hall–Kier alpha value is -3.33. The van der Waals surface area contributed by atoms with Gasteiger partial charge in [-0.15, -0.1) is 0 Å². The number of carbonyl (C=O) groups is 1. The van der Waals surface area contributed by atoms with Gasteiger partial charge in [0.15, 0.2) is 0 Å². The van der Waals surface area contributed by atoms with Gasteiger partial charge >= 0.3 is 0 Å². The lowest BCUT2D eigenvalue weighted by atomic mass is 9.99. The predicted molar refractivity (Wildman–Crippen MR) is 142 cm³/mol. The van der Waals surface area contributed by atoms with Crippen LogP contribution in [0.5, 0.6) is 0 Å². The van der Waals surface area contributed by atoms with Gasteiger partial charge in [-0.3, -0.25) is 4.79 Å². The van der Waals surface area contributed by atoms with Gasteiger partial charge in [-0.05, 0) is 73.6 Å². The Bertz CT molecular complexity index is 1320. The molecule has 1 aromatic heterocycles. The number of hydrogen-bond donors (Lipinski definition) is 2. The third-order valence-corrected chi connectivity index (χ3v) is 7.17. The maximum absolute atomic E-state index is 13.7. The average Bonchev–Trinajstić information content (AvgIpc) is 3.37. The average molecular weight is 510 g/mol. The summed E-state index contributed by atoms with van der Waals surface area (Å²) in [4.78, 5) is 23.6. The molecule has 196 valence electrons. The molecule has 1 aliphatic carbocycles. The molecule has 2 aliphatic rings. The molecule has 0 unspecified atom stereocenters. The minimum Gasteiger partial charge on any atom is -0.378 e. The van der Waals surface area contributed by atoms with E-state index in [1.54, 1.807) is 6.07 Å². The number of nitrogens with zero attached hydrogens (tertiary/aromatic N) is 3. The van der Waals surface area contributed by atoms with E-state index in [0.29, 0.717) is 42.5 Å². The number of anilines is 3. The molecule has 1 atom stereocenters. The van der Waals surface area contributed by atoms with Crippen LogP contribution in [-0.2, 0) is 22.4 Å². The summed E-state index contributed by atoms with van der Waals surface area (Å²) >= 11 is 0. The zero-order chi connectivity index (χ0) is 26.1. The Morgan fingerprint density at radius 2 is 1.81 bits per heavy atom. The second-order valence-electron chi connectivity index (χ2n) is 9.80. The summed E-state index contributed by atoms with van der Waals surface area (Å²) in [5, 5.41) is 7.14. The molecule has 0 radical (unpaired) electrons. The Morgan fingerprint density at radius 3 is 2.51 bits per heavy atom.